The minimum atomic E-state index is 0.0597. The molecule has 0 saturated carbocycles. The van der Waals surface area contributed by atoms with Gasteiger partial charge in [0.25, 0.3) is 0 Å². The quantitative estimate of drug-likeness (QED) is 0.891. The van der Waals surface area contributed by atoms with Crippen LogP contribution in [0.15, 0.2) is 41.8 Å². The number of carbonyl (C=O) groups is 1. The Bertz CT molecular complexity index is 642. The summed E-state index contributed by atoms with van der Waals surface area (Å²) in [6, 6.07) is 12.7. The van der Waals surface area contributed by atoms with Crippen LogP contribution in [0.25, 0.3) is 0 Å². The molecule has 1 atom stereocenters. The van der Waals surface area contributed by atoms with Crippen LogP contribution in [0.1, 0.15) is 27.7 Å². The largest absolute Gasteiger partial charge is 0.333 e. The van der Waals surface area contributed by atoms with Crippen molar-refractivity contribution >= 4 is 29.1 Å². The number of thiophene rings is 1. The highest BCUT2D eigenvalue weighted by Crippen LogP contribution is 2.35. The SMILES string of the molecule is Cc1ccccc1C1CCN(C(=O)NCc2cccs2)CCS1. The fourth-order valence-corrected chi connectivity index (χ4v) is 4.83. The lowest BCUT2D eigenvalue weighted by Gasteiger charge is -2.21. The van der Waals surface area contributed by atoms with E-state index in [1.165, 1.54) is 16.0 Å². The van der Waals surface area contributed by atoms with Crippen LogP contribution in [0.2, 0.25) is 0 Å². The number of rotatable bonds is 3. The van der Waals surface area contributed by atoms with Gasteiger partial charge in [0.15, 0.2) is 0 Å². The highest BCUT2D eigenvalue weighted by molar-refractivity contribution is 7.99. The summed E-state index contributed by atoms with van der Waals surface area (Å²) in [5, 5.41) is 5.57. The molecular formula is C18H22N2OS2. The Labute approximate surface area is 146 Å². The molecule has 1 aromatic carbocycles. The summed E-state index contributed by atoms with van der Waals surface area (Å²) in [6.45, 7) is 4.44. The van der Waals surface area contributed by atoms with Crippen molar-refractivity contribution in [1.82, 2.24) is 10.2 Å². The molecule has 1 aliphatic rings. The zero-order chi connectivity index (χ0) is 16.1. The molecule has 2 heterocycles. The zero-order valence-electron chi connectivity index (χ0n) is 13.3. The van der Waals surface area contributed by atoms with Gasteiger partial charge in [-0.15, -0.1) is 11.3 Å². The lowest BCUT2D eigenvalue weighted by molar-refractivity contribution is 0.201. The maximum atomic E-state index is 12.4. The molecule has 1 aliphatic heterocycles. The predicted molar refractivity (Wildman–Crippen MR) is 99.1 cm³/mol. The molecule has 3 nitrogen and oxygen atoms in total. The molecule has 0 radical (unpaired) electrons. The van der Waals surface area contributed by atoms with Gasteiger partial charge in [-0.2, -0.15) is 11.8 Å². The molecule has 0 aliphatic carbocycles. The van der Waals surface area contributed by atoms with Crippen LogP contribution in [0.4, 0.5) is 4.79 Å². The minimum absolute atomic E-state index is 0.0597. The summed E-state index contributed by atoms with van der Waals surface area (Å²) in [5.41, 5.74) is 2.76. The van der Waals surface area contributed by atoms with E-state index in [-0.39, 0.29) is 6.03 Å². The van der Waals surface area contributed by atoms with E-state index in [1.807, 2.05) is 28.1 Å². The van der Waals surface area contributed by atoms with Crippen molar-refractivity contribution < 1.29 is 4.79 Å². The van der Waals surface area contributed by atoms with Gasteiger partial charge < -0.3 is 10.2 Å². The molecule has 1 N–H and O–H groups in total. The number of nitrogens with one attached hydrogen (secondary N) is 1. The van der Waals surface area contributed by atoms with Crippen molar-refractivity contribution in [1.29, 1.82) is 0 Å². The van der Waals surface area contributed by atoms with E-state index < -0.39 is 0 Å². The van der Waals surface area contributed by atoms with Gasteiger partial charge in [-0.1, -0.05) is 30.3 Å². The predicted octanol–water partition coefficient (Wildman–Crippen LogP) is 4.45. The highest BCUT2D eigenvalue weighted by atomic mass is 32.2. The number of nitrogens with zero attached hydrogens (tertiary/aromatic N) is 1. The molecule has 1 fully saturated rings. The number of urea groups is 1. The molecule has 5 heteroatoms. The first-order valence-corrected chi connectivity index (χ1v) is 9.89. The summed E-state index contributed by atoms with van der Waals surface area (Å²) in [4.78, 5) is 15.5. The van der Waals surface area contributed by atoms with E-state index in [0.29, 0.717) is 11.8 Å². The molecule has 122 valence electrons. The Morgan fingerprint density at radius 2 is 2.13 bits per heavy atom. The van der Waals surface area contributed by atoms with Crippen molar-refractivity contribution in [2.24, 2.45) is 0 Å². The van der Waals surface area contributed by atoms with E-state index in [9.17, 15) is 4.79 Å². The van der Waals surface area contributed by atoms with Gasteiger partial charge in [-0.05, 0) is 35.9 Å². The number of amides is 2. The maximum Gasteiger partial charge on any atom is 0.317 e. The number of hydrogen-bond acceptors (Lipinski definition) is 3. The Morgan fingerprint density at radius 3 is 2.91 bits per heavy atom. The van der Waals surface area contributed by atoms with Gasteiger partial charge >= 0.3 is 6.03 Å². The number of hydrogen-bond donors (Lipinski definition) is 1. The van der Waals surface area contributed by atoms with Crippen LogP contribution in [0, 0.1) is 6.92 Å². The third-order valence-electron chi connectivity index (χ3n) is 4.16. The van der Waals surface area contributed by atoms with Crippen LogP contribution in [0.5, 0.6) is 0 Å². The van der Waals surface area contributed by atoms with Gasteiger partial charge in [-0.3, -0.25) is 0 Å². The summed E-state index contributed by atoms with van der Waals surface area (Å²) in [7, 11) is 0. The monoisotopic (exact) mass is 346 g/mol. The normalized spacial score (nSPS) is 18.5. The fourth-order valence-electron chi connectivity index (χ4n) is 2.86. The molecule has 0 bridgehead atoms. The first kappa shape index (κ1) is 16.4. The third kappa shape index (κ3) is 4.30. The van der Waals surface area contributed by atoms with Gasteiger partial charge in [0.05, 0.1) is 6.54 Å². The average Bonchev–Trinajstić information content (AvgIpc) is 2.96. The number of benzene rings is 1. The van der Waals surface area contributed by atoms with Crippen molar-refractivity contribution in [2.75, 3.05) is 18.8 Å². The van der Waals surface area contributed by atoms with E-state index >= 15 is 0 Å². The van der Waals surface area contributed by atoms with Gasteiger partial charge in [-0.25, -0.2) is 4.79 Å². The molecule has 23 heavy (non-hydrogen) atoms. The lowest BCUT2D eigenvalue weighted by atomic mass is 10.0. The number of thioether (sulfide) groups is 1. The summed E-state index contributed by atoms with van der Waals surface area (Å²) < 4.78 is 0. The third-order valence-corrected chi connectivity index (χ3v) is 6.34. The first-order valence-electron chi connectivity index (χ1n) is 7.96. The highest BCUT2D eigenvalue weighted by Gasteiger charge is 2.22. The van der Waals surface area contributed by atoms with Gasteiger partial charge in [0.1, 0.15) is 0 Å². The van der Waals surface area contributed by atoms with Crippen molar-refractivity contribution in [3.05, 3.63) is 57.8 Å². The number of aryl methyl sites for hydroxylation is 1. The van der Waals surface area contributed by atoms with Gasteiger partial charge in [0.2, 0.25) is 0 Å². The van der Waals surface area contributed by atoms with Crippen molar-refractivity contribution in [3.63, 3.8) is 0 Å². The summed E-state index contributed by atoms with van der Waals surface area (Å²) in [5.74, 6) is 0.991. The second-order valence-electron chi connectivity index (χ2n) is 5.73. The van der Waals surface area contributed by atoms with Crippen LogP contribution < -0.4 is 5.32 Å². The maximum absolute atomic E-state index is 12.4. The Hall–Kier alpha value is -1.46. The van der Waals surface area contributed by atoms with Crippen LogP contribution in [-0.4, -0.2) is 29.8 Å². The summed E-state index contributed by atoms with van der Waals surface area (Å²) in [6.07, 6.45) is 1.02. The molecule has 1 saturated heterocycles. The lowest BCUT2D eigenvalue weighted by Crippen LogP contribution is -2.40. The average molecular weight is 347 g/mol. The minimum Gasteiger partial charge on any atom is -0.333 e. The molecular weight excluding hydrogens is 324 g/mol. The molecule has 2 aromatic rings. The topological polar surface area (TPSA) is 32.3 Å². The zero-order valence-corrected chi connectivity index (χ0v) is 15.0. The second-order valence-corrected chi connectivity index (χ2v) is 8.07. The van der Waals surface area contributed by atoms with E-state index in [2.05, 4.69) is 42.6 Å². The molecule has 1 unspecified atom stereocenters. The molecule has 1 aromatic heterocycles. The van der Waals surface area contributed by atoms with Crippen LogP contribution >= 0.6 is 23.1 Å². The Balaban J connectivity index is 1.55. The molecule has 0 spiro atoms. The van der Waals surface area contributed by atoms with E-state index in [0.717, 1.165) is 25.3 Å². The van der Waals surface area contributed by atoms with Crippen LogP contribution in [-0.2, 0) is 6.54 Å². The van der Waals surface area contributed by atoms with Crippen molar-refractivity contribution in [3.8, 4) is 0 Å². The van der Waals surface area contributed by atoms with Crippen LogP contribution in [0.3, 0.4) is 0 Å². The Morgan fingerprint density at radius 1 is 1.26 bits per heavy atom. The number of carbonyl (C=O) groups excluding carboxylic acids is 1. The smallest absolute Gasteiger partial charge is 0.317 e. The van der Waals surface area contributed by atoms with E-state index in [4.69, 9.17) is 0 Å². The van der Waals surface area contributed by atoms with Crippen molar-refractivity contribution in [2.45, 2.75) is 25.1 Å². The van der Waals surface area contributed by atoms with Gasteiger partial charge in [0, 0.05) is 29.0 Å². The molecule has 3 rings (SSSR count). The fraction of sp³-hybridized carbons (Fsp3) is 0.389. The summed E-state index contributed by atoms with van der Waals surface area (Å²) >= 11 is 3.65. The van der Waals surface area contributed by atoms with E-state index in [1.54, 1.807) is 11.3 Å². The first-order chi connectivity index (χ1) is 11.2. The molecule has 2 amide bonds. The second kappa shape index (κ2) is 7.88. The standard InChI is InChI=1S/C18H22N2OS2/c1-14-5-2-3-7-16(14)17-8-9-20(10-12-23-17)18(21)19-13-15-6-4-11-22-15/h2-7,11,17H,8-10,12-13H2,1H3,(H,19,21). The Kier molecular flexibility index (Phi) is 5.62.